The van der Waals surface area contributed by atoms with Gasteiger partial charge in [0.05, 0.1) is 27.3 Å². The minimum Gasteiger partial charge on any atom is -0.507 e. The first-order valence-corrected chi connectivity index (χ1v) is 13.3. The lowest BCUT2D eigenvalue weighted by Gasteiger charge is -2.39. The van der Waals surface area contributed by atoms with E-state index in [0.29, 0.717) is 11.1 Å². The lowest BCUT2D eigenvalue weighted by atomic mass is 9.63. The highest BCUT2D eigenvalue weighted by atomic mass is 35.5. The molecule has 11 heteroatoms. The molecule has 2 aliphatic carbocycles. The molecule has 0 saturated carbocycles. The Kier molecular flexibility index (Phi) is 5.91. The summed E-state index contributed by atoms with van der Waals surface area (Å²) < 4.78 is 0. The second-order valence-electron chi connectivity index (χ2n) is 10.2. The molecule has 0 fully saturated rings. The van der Waals surface area contributed by atoms with Crippen molar-refractivity contribution in [2.24, 2.45) is 0 Å². The summed E-state index contributed by atoms with van der Waals surface area (Å²) in [5.41, 5.74) is 0.514. The first-order chi connectivity index (χ1) is 19.3. The summed E-state index contributed by atoms with van der Waals surface area (Å²) in [5.74, 6) is -7.36. The van der Waals surface area contributed by atoms with Gasteiger partial charge in [-0.15, -0.1) is 0 Å². The van der Waals surface area contributed by atoms with Crippen molar-refractivity contribution in [3.05, 3.63) is 101 Å². The number of hydrogen-bond donors (Lipinski definition) is 6. The Labute approximate surface area is 247 Å². The number of carbonyl (C=O) groups excluding carboxylic acids is 2. The van der Waals surface area contributed by atoms with Gasteiger partial charge in [0.2, 0.25) is 11.6 Å². The van der Waals surface area contributed by atoms with Crippen LogP contribution in [0.15, 0.2) is 30.3 Å². The standard InChI is InChI=1S/C30H19Cl3O8/c1-8-3-10-16(12-7-15(36)23(31)28(39)20(12)26(37)17(10)13(34)5-8)19-11-4-9(2)6-14(35)18(11)27(38)22-21(19)24(32)30(41)25(33)29(22)40/h3-7,16,19,34-36,39-41H,1-2H3. The molecule has 0 bridgehead atoms. The van der Waals surface area contributed by atoms with Crippen molar-refractivity contribution in [2.75, 3.05) is 0 Å². The number of hydrogen-bond acceptors (Lipinski definition) is 8. The molecule has 208 valence electrons. The van der Waals surface area contributed by atoms with Gasteiger partial charge in [-0.2, -0.15) is 0 Å². The maximum absolute atomic E-state index is 13.8. The Morgan fingerprint density at radius 3 is 1.54 bits per heavy atom. The zero-order valence-corrected chi connectivity index (χ0v) is 23.4. The van der Waals surface area contributed by atoms with Gasteiger partial charge < -0.3 is 30.6 Å². The summed E-state index contributed by atoms with van der Waals surface area (Å²) in [6.07, 6.45) is 0. The van der Waals surface area contributed by atoms with Gasteiger partial charge in [-0.3, -0.25) is 9.59 Å². The van der Waals surface area contributed by atoms with Crippen molar-refractivity contribution >= 4 is 46.4 Å². The average molecular weight is 614 g/mol. The highest BCUT2D eigenvalue weighted by Crippen LogP contribution is 2.60. The molecule has 4 aromatic carbocycles. The molecule has 6 rings (SSSR count). The second kappa shape index (κ2) is 8.94. The van der Waals surface area contributed by atoms with Crippen molar-refractivity contribution in [3.63, 3.8) is 0 Å². The Bertz CT molecular complexity index is 1910. The van der Waals surface area contributed by atoms with Crippen LogP contribution in [0.4, 0.5) is 0 Å². The Morgan fingerprint density at radius 1 is 0.512 bits per heavy atom. The van der Waals surface area contributed by atoms with Crippen molar-refractivity contribution in [2.45, 2.75) is 25.7 Å². The summed E-state index contributed by atoms with van der Waals surface area (Å²) in [6, 6.07) is 7.15. The highest BCUT2D eigenvalue weighted by Gasteiger charge is 2.48. The number of phenols is 6. The zero-order valence-electron chi connectivity index (χ0n) is 21.2. The van der Waals surface area contributed by atoms with Gasteiger partial charge >= 0.3 is 0 Å². The van der Waals surface area contributed by atoms with Crippen molar-refractivity contribution in [1.29, 1.82) is 0 Å². The lowest BCUT2D eigenvalue weighted by Crippen LogP contribution is -2.30. The van der Waals surface area contributed by atoms with E-state index in [9.17, 15) is 40.2 Å². The number of carbonyl (C=O) groups is 2. The SMILES string of the molecule is Cc1cc(O)c2c(c1)C(C1c3cc(C)cc(O)c3C(=O)c3c(O)c(Cl)c(O)c(Cl)c31)c1cc(O)c(Cl)c(O)c1C2=O. The van der Waals surface area contributed by atoms with E-state index >= 15 is 0 Å². The summed E-state index contributed by atoms with van der Waals surface area (Å²) in [7, 11) is 0. The molecule has 2 atom stereocenters. The summed E-state index contributed by atoms with van der Waals surface area (Å²) >= 11 is 18.9. The summed E-state index contributed by atoms with van der Waals surface area (Å²) in [6.45, 7) is 3.36. The van der Waals surface area contributed by atoms with Crippen LogP contribution in [0.5, 0.6) is 34.5 Å². The second-order valence-corrected chi connectivity index (χ2v) is 11.4. The number of fused-ring (bicyclic) bond motifs is 4. The van der Waals surface area contributed by atoms with E-state index in [-0.39, 0.29) is 49.5 Å². The van der Waals surface area contributed by atoms with Crippen LogP contribution in [0.3, 0.4) is 0 Å². The molecule has 41 heavy (non-hydrogen) atoms. The van der Waals surface area contributed by atoms with Gasteiger partial charge in [-0.05, 0) is 65.4 Å². The maximum Gasteiger partial charge on any atom is 0.201 e. The third-order valence-corrected chi connectivity index (χ3v) is 8.87. The minimum atomic E-state index is -1.14. The minimum absolute atomic E-state index is 0.0640. The average Bonchev–Trinajstić information content (AvgIpc) is 2.89. The number of benzene rings is 4. The molecule has 2 unspecified atom stereocenters. The molecular weight excluding hydrogens is 595 g/mol. The third kappa shape index (κ3) is 3.54. The molecule has 2 aliphatic rings. The van der Waals surface area contributed by atoms with Gasteiger partial charge in [0.25, 0.3) is 0 Å². The van der Waals surface area contributed by atoms with Crippen molar-refractivity contribution < 1.29 is 40.2 Å². The number of phenolic OH excluding ortho intramolecular Hbond substituents is 6. The summed E-state index contributed by atoms with van der Waals surface area (Å²) in [5, 5.41) is 63.9. The normalized spacial score (nSPS) is 17.1. The first kappa shape index (κ1) is 27.1. The quantitative estimate of drug-likeness (QED) is 0.141. The summed E-state index contributed by atoms with van der Waals surface area (Å²) in [4.78, 5) is 27.5. The van der Waals surface area contributed by atoms with E-state index < -0.39 is 67.9 Å². The van der Waals surface area contributed by atoms with E-state index in [1.54, 1.807) is 26.0 Å². The fourth-order valence-electron chi connectivity index (χ4n) is 6.19. The number of aryl methyl sites for hydroxylation is 2. The predicted octanol–water partition coefficient (Wildman–Crippen LogP) is 6.55. The van der Waals surface area contributed by atoms with Crippen LogP contribution in [-0.2, 0) is 0 Å². The fourth-order valence-corrected chi connectivity index (χ4v) is 6.89. The van der Waals surface area contributed by atoms with Crippen LogP contribution in [0.25, 0.3) is 0 Å². The lowest BCUT2D eigenvalue weighted by molar-refractivity contribution is 0.101. The third-order valence-electron chi connectivity index (χ3n) is 7.76. The number of rotatable bonds is 1. The van der Waals surface area contributed by atoms with Gasteiger partial charge in [0, 0.05) is 11.8 Å². The van der Waals surface area contributed by atoms with Crippen LogP contribution >= 0.6 is 34.8 Å². The Morgan fingerprint density at radius 2 is 0.976 bits per heavy atom. The molecular formula is C30H19Cl3O8. The first-order valence-electron chi connectivity index (χ1n) is 12.2. The number of ketones is 2. The largest absolute Gasteiger partial charge is 0.507 e. The van der Waals surface area contributed by atoms with Crippen LogP contribution in [0.1, 0.15) is 77.1 Å². The zero-order chi connectivity index (χ0) is 29.8. The van der Waals surface area contributed by atoms with Crippen LogP contribution in [0.2, 0.25) is 15.1 Å². The van der Waals surface area contributed by atoms with E-state index in [1.807, 2.05) is 0 Å². The topological polar surface area (TPSA) is 156 Å². The fraction of sp³-hybridized carbons (Fsp3) is 0.133. The molecule has 0 spiro atoms. The van der Waals surface area contributed by atoms with Crippen molar-refractivity contribution in [1.82, 2.24) is 0 Å². The van der Waals surface area contributed by atoms with E-state index in [2.05, 4.69) is 0 Å². The smallest absolute Gasteiger partial charge is 0.201 e. The molecule has 0 amide bonds. The van der Waals surface area contributed by atoms with E-state index in [1.165, 1.54) is 18.2 Å². The van der Waals surface area contributed by atoms with Gasteiger partial charge in [-0.1, -0.05) is 46.9 Å². The molecule has 0 radical (unpaired) electrons. The molecule has 8 nitrogen and oxygen atoms in total. The van der Waals surface area contributed by atoms with Gasteiger partial charge in [0.15, 0.2) is 5.75 Å². The van der Waals surface area contributed by atoms with Gasteiger partial charge in [0.1, 0.15) is 38.8 Å². The number of halogens is 3. The molecule has 0 aromatic heterocycles. The van der Waals surface area contributed by atoms with Crippen LogP contribution in [-0.4, -0.2) is 42.2 Å². The van der Waals surface area contributed by atoms with E-state index in [0.717, 1.165) is 0 Å². The Hall–Kier alpha value is -4.11. The van der Waals surface area contributed by atoms with E-state index in [4.69, 9.17) is 34.8 Å². The van der Waals surface area contributed by atoms with Crippen molar-refractivity contribution in [3.8, 4) is 34.5 Å². The van der Waals surface area contributed by atoms with Crippen LogP contribution < -0.4 is 0 Å². The monoisotopic (exact) mass is 612 g/mol. The molecule has 4 aromatic rings. The van der Waals surface area contributed by atoms with Gasteiger partial charge in [-0.25, -0.2) is 0 Å². The Balaban J connectivity index is 1.85. The molecule has 0 saturated heterocycles. The molecule has 6 N–H and O–H groups in total. The molecule has 0 aliphatic heterocycles. The number of aromatic hydroxyl groups is 6. The highest BCUT2D eigenvalue weighted by molar-refractivity contribution is 6.40. The molecule has 0 heterocycles. The predicted molar refractivity (Wildman–Crippen MR) is 151 cm³/mol. The van der Waals surface area contributed by atoms with Crippen LogP contribution in [0, 0.1) is 13.8 Å². The maximum atomic E-state index is 13.8.